The molecular formula is C15H32. The molecule has 0 aromatic carbocycles. The Morgan fingerprint density at radius 2 is 1.13 bits per heavy atom. The molecule has 0 saturated heterocycles. The van der Waals surface area contributed by atoms with Crippen molar-refractivity contribution in [2.75, 3.05) is 0 Å². The van der Waals surface area contributed by atoms with Crippen LogP contribution in [0.1, 0.15) is 79.6 Å². The highest BCUT2D eigenvalue weighted by Crippen LogP contribution is 2.32. The van der Waals surface area contributed by atoms with Crippen LogP contribution >= 0.6 is 0 Å². The first-order valence-electron chi connectivity index (χ1n) is 7.17. The van der Waals surface area contributed by atoms with Gasteiger partial charge in [0.15, 0.2) is 0 Å². The zero-order chi connectivity index (χ0) is 11.7. The van der Waals surface area contributed by atoms with Gasteiger partial charge < -0.3 is 0 Å². The fraction of sp³-hybridized carbons (Fsp3) is 1.00. The van der Waals surface area contributed by atoms with E-state index in [0.717, 1.165) is 17.8 Å². The molecule has 0 spiro atoms. The van der Waals surface area contributed by atoms with Gasteiger partial charge in [0, 0.05) is 0 Å². The molecule has 0 aliphatic rings. The minimum atomic E-state index is 0.933. The minimum absolute atomic E-state index is 0.933. The molecule has 0 nitrogen and oxygen atoms in total. The van der Waals surface area contributed by atoms with Gasteiger partial charge in [-0.15, -0.1) is 0 Å². The van der Waals surface area contributed by atoms with Crippen LogP contribution < -0.4 is 0 Å². The van der Waals surface area contributed by atoms with E-state index in [1.807, 2.05) is 0 Å². The lowest BCUT2D eigenvalue weighted by molar-refractivity contribution is 0.211. The first kappa shape index (κ1) is 15.0. The highest BCUT2D eigenvalue weighted by molar-refractivity contribution is 4.72. The summed E-state index contributed by atoms with van der Waals surface area (Å²) in [6, 6.07) is 0. The van der Waals surface area contributed by atoms with Crippen molar-refractivity contribution < 1.29 is 0 Å². The maximum absolute atomic E-state index is 2.47. The number of rotatable bonds is 9. The van der Waals surface area contributed by atoms with E-state index in [0.29, 0.717) is 0 Å². The zero-order valence-electron chi connectivity index (χ0n) is 11.7. The number of unbranched alkanes of at least 4 members (excludes halogenated alkanes) is 1. The highest BCUT2D eigenvalue weighted by atomic mass is 14.3. The van der Waals surface area contributed by atoms with E-state index >= 15 is 0 Å². The van der Waals surface area contributed by atoms with E-state index in [1.165, 1.54) is 44.9 Å². The third kappa shape index (κ3) is 6.22. The molecule has 0 aliphatic carbocycles. The molecule has 2 atom stereocenters. The van der Waals surface area contributed by atoms with Crippen LogP contribution in [0.3, 0.4) is 0 Å². The molecule has 0 saturated carbocycles. The Morgan fingerprint density at radius 1 is 0.667 bits per heavy atom. The molecule has 0 fully saturated rings. The summed E-state index contributed by atoms with van der Waals surface area (Å²) in [6.07, 6.45) is 9.77. The topological polar surface area (TPSA) is 0 Å². The van der Waals surface area contributed by atoms with Gasteiger partial charge in [0.1, 0.15) is 0 Å². The molecule has 0 bridgehead atoms. The first-order chi connectivity index (χ1) is 7.17. The zero-order valence-corrected chi connectivity index (χ0v) is 11.7. The van der Waals surface area contributed by atoms with Crippen molar-refractivity contribution >= 4 is 0 Å². The van der Waals surface area contributed by atoms with Crippen molar-refractivity contribution in [1.82, 2.24) is 0 Å². The van der Waals surface area contributed by atoms with Gasteiger partial charge in [0.05, 0.1) is 0 Å². The van der Waals surface area contributed by atoms with Crippen LogP contribution in [0.25, 0.3) is 0 Å². The fourth-order valence-corrected chi connectivity index (χ4v) is 2.91. The van der Waals surface area contributed by atoms with E-state index in [-0.39, 0.29) is 0 Å². The average molecular weight is 212 g/mol. The van der Waals surface area contributed by atoms with Crippen molar-refractivity contribution in [1.29, 1.82) is 0 Å². The Bertz CT molecular complexity index is 116. The Labute approximate surface area is 97.8 Å². The Kier molecular flexibility index (Phi) is 9.24. The van der Waals surface area contributed by atoms with Gasteiger partial charge in [0.2, 0.25) is 0 Å². The molecule has 0 aromatic rings. The molecule has 0 amide bonds. The number of hydrogen-bond acceptors (Lipinski definition) is 0. The summed E-state index contributed by atoms with van der Waals surface area (Å²) >= 11 is 0. The molecule has 2 unspecified atom stereocenters. The molecule has 92 valence electrons. The van der Waals surface area contributed by atoms with Crippen LogP contribution in [0.5, 0.6) is 0 Å². The second-order valence-corrected chi connectivity index (χ2v) is 5.34. The molecule has 0 aromatic heterocycles. The Hall–Kier alpha value is 0. The fourth-order valence-electron chi connectivity index (χ4n) is 2.91. The monoisotopic (exact) mass is 212 g/mol. The average Bonchev–Trinajstić information content (AvgIpc) is 2.19. The van der Waals surface area contributed by atoms with Crippen LogP contribution in [-0.4, -0.2) is 0 Å². The predicted molar refractivity (Wildman–Crippen MR) is 71.2 cm³/mol. The van der Waals surface area contributed by atoms with Gasteiger partial charge in [-0.3, -0.25) is 0 Å². The third-order valence-corrected chi connectivity index (χ3v) is 3.84. The molecular weight excluding hydrogens is 180 g/mol. The van der Waals surface area contributed by atoms with Gasteiger partial charge >= 0.3 is 0 Å². The van der Waals surface area contributed by atoms with Crippen molar-refractivity contribution in [2.24, 2.45) is 17.8 Å². The summed E-state index contributed by atoms with van der Waals surface area (Å²) in [6.45, 7) is 11.9. The molecule has 0 radical (unpaired) electrons. The Balaban J connectivity index is 4.14. The van der Waals surface area contributed by atoms with Crippen LogP contribution in [0, 0.1) is 17.8 Å². The quantitative estimate of drug-likeness (QED) is 0.462. The lowest BCUT2D eigenvalue weighted by Gasteiger charge is -2.29. The van der Waals surface area contributed by atoms with Crippen molar-refractivity contribution in [3.8, 4) is 0 Å². The van der Waals surface area contributed by atoms with Crippen molar-refractivity contribution in [2.45, 2.75) is 79.6 Å². The minimum Gasteiger partial charge on any atom is -0.0654 e. The molecule has 0 heterocycles. The molecule has 0 N–H and O–H groups in total. The van der Waals surface area contributed by atoms with Gasteiger partial charge in [-0.2, -0.15) is 0 Å². The van der Waals surface area contributed by atoms with E-state index in [1.54, 1.807) is 0 Å². The summed E-state index contributed by atoms with van der Waals surface area (Å²) in [7, 11) is 0. The molecule has 0 aliphatic heterocycles. The van der Waals surface area contributed by atoms with E-state index in [9.17, 15) is 0 Å². The lowest BCUT2D eigenvalue weighted by Crippen LogP contribution is -2.20. The smallest absolute Gasteiger partial charge is 0.0363 e. The Morgan fingerprint density at radius 3 is 1.47 bits per heavy atom. The summed E-state index contributed by atoms with van der Waals surface area (Å²) < 4.78 is 0. The van der Waals surface area contributed by atoms with E-state index in [2.05, 4.69) is 34.6 Å². The second-order valence-electron chi connectivity index (χ2n) is 5.34. The summed E-state index contributed by atoms with van der Waals surface area (Å²) in [4.78, 5) is 0. The van der Waals surface area contributed by atoms with Crippen LogP contribution in [0.2, 0.25) is 0 Å². The summed E-state index contributed by atoms with van der Waals surface area (Å²) in [5.74, 6) is 2.84. The van der Waals surface area contributed by atoms with Gasteiger partial charge in [0.25, 0.3) is 0 Å². The normalized spacial score (nSPS) is 17.4. The van der Waals surface area contributed by atoms with Crippen LogP contribution in [0.15, 0.2) is 0 Å². The molecule has 0 rings (SSSR count). The third-order valence-electron chi connectivity index (χ3n) is 3.84. The first-order valence-corrected chi connectivity index (χ1v) is 7.17. The standard InChI is InChI=1S/C15H32/c1-6-9-12-15(13(4)10-7-2)14(5)11-8-3/h13-15H,6-12H2,1-5H3. The SMILES string of the molecule is CCCCC(C(C)CCC)C(C)CCC. The van der Waals surface area contributed by atoms with Gasteiger partial charge in [-0.1, -0.05) is 73.1 Å². The highest BCUT2D eigenvalue weighted by Gasteiger charge is 2.21. The van der Waals surface area contributed by atoms with E-state index < -0.39 is 0 Å². The van der Waals surface area contributed by atoms with Crippen molar-refractivity contribution in [3.63, 3.8) is 0 Å². The lowest BCUT2D eigenvalue weighted by atomic mass is 9.76. The van der Waals surface area contributed by atoms with Crippen LogP contribution in [0.4, 0.5) is 0 Å². The molecule has 0 heteroatoms. The van der Waals surface area contributed by atoms with Gasteiger partial charge in [-0.05, 0) is 24.2 Å². The molecule has 15 heavy (non-hydrogen) atoms. The van der Waals surface area contributed by atoms with Crippen molar-refractivity contribution in [3.05, 3.63) is 0 Å². The second kappa shape index (κ2) is 9.24. The summed E-state index contributed by atoms with van der Waals surface area (Å²) in [5, 5.41) is 0. The largest absolute Gasteiger partial charge is 0.0654 e. The maximum Gasteiger partial charge on any atom is -0.0363 e. The maximum atomic E-state index is 2.47. The number of hydrogen-bond donors (Lipinski definition) is 0. The van der Waals surface area contributed by atoms with Gasteiger partial charge in [-0.25, -0.2) is 0 Å². The summed E-state index contributed by atoms with van der Waals surface area (Å²) in [5.41, 5.74) is 0. The predicted octanol–water partition coefficient (Wildman–Crippen LogP) is 5.67. The van der Waals surface area contributed by atoms with Crippen LogP contribution in [-0.2, 0) is 0 Å². The van der Waals surface area contributed by atoms with E-state index in [4.69, 9.17) is 0 Å².